The van der Waals surface area contributed by atoms with Crippen molar-refractivity contribution in [1.82, 2.24) is 14.5 Å². The van der Waals surface area contributed by atoms with E-state index in [0.717, 1.165) is 17.9 Å². The van der Waals surface area contributed by atoms with E-state index in [-0.39, 0.29) is 18.6 Å². The van der Waals surface area contributed by atoms with Gasteiger partial charge in [0, 0.05) is 26.0 Å². The number of carbonyl (C=O) groups excluding carboxylic acids is 1. The van der Waals surface area contributed by atoms with Crippen molar-refractivity contribution in [2.24, 2.45) is 0 Å². The first-order valence-electron chi connectivity index (χ1n) is 6.63. The van der Waals surface area contributed by atoms with Crippen LogP contribution in [-0.4, -0.2) is 34.1 Å². The highest BCUT2D eigenvalue weighted by atomic mass is 16.5. The Hall–Kier alpha value is -2.14. The maximum atomic E-state index is 12.3. The van der Waals surface area contributed by atoms with Gasteiger partial charge >= 0.3 is 0 Å². The van der Waals surface area contributed by atoms with Gasteiger partial charge < -0.3 is 14.2 Å². The maximum absolute atomic E-state index is 12.3. The molecule has 5 heteroatoms. The summed E-state index contributed by atoms with van der Waals surface area (Å²) in [6, 6.07) is 10.1. The third-order valence-electron chi connectivity index (χ3n) is 3.63. The number of ether oxygens (including phenoxy) is 1. The average molecular weight is 271 g/mol. The minimum atomic E-state index is -0.00407. The van der Waals surface area contributed by atoms with Crippen LogP contribution in [0.25, 0.3) is 0 Å². The summed E-state index contributed by atoms with van der Waals surface area (Å²) < 4.78 is 7.10. The van der Waals surface area contributed by atoms with Crippen LogP contribution in [0, 0.1) is 0 Å². The number of amides is 1. The molecule has 0 saturated heterocycles. The molecule has 2 aromatic rings. The first-order chi connectivity index (χ1) is 9.79. The highest BCUT2D eigenvalue weighted by Gasteiger charge is 2.31. The second kappa shape index (κ2) is 5.46. The molecular formula is C15H17N3O2. The number of fused-ring (bicyclic) bond motifs is 1. The topological polar surface area (TPSA) is 47.4 Å². The second-order valence-corrected chi connectivity index (χ2v) is 4.88. The van der Waals surface area contributed by atoms with E-state index in [4.69, 9.17) is 4.74 Å². The molecule has 0 bridgehead atoms. The van der Waals surface area contributed by atoms with E-state index in [1.54, 1.807) is 13.3 Å². The van der Waals surface area contributed by atoms with Crippen LogP contribution in [0.3, 0.4) is 0 Å². The molecule has 104 valence electrons. The summed E-state index contributed by atoms with van der Waals surface area (Å²) in [5, 5.41) is 0. The zero-order valence-electron chi connectivity index (χ0n) is 11.4. The summed E-state index contributed by atoms with van der Waals surface area (Å²) in [4.78, 5) is 18.4. The van der Waals surface area contributed by atoms with Gasteiger partial charge in [-0.1, -0.05) is 30.3 Å². The molecule has 1 aromatic carbocycles. The molecule has 1 aliphatic rings. The molecule has 0 fully saturated rings. The molecule has 20 heavy (non-hydrogen) atoms. The number of benzene rings is 1. The Kier molecular flexibility index (Phi) is 3.52. The third kappa shape index (κ3) is 2.32. The fourth-order valence-electron chi connectivity index (χ4n) is 2.63. The van der Waals surface area contributed by atoms with Gasteiger partial charge in [0.2, 0.25) is 5.91 Å². The number of nitrogens with zero attached hydrogens (tertiary/aromatic N) is 3. The molecule has 2 heterocycles. The van der Waals surface area contributed by atoms with Gasteiger partial charge in [0.1, 0.15) is 12.4 Å². The maximum Gasteiger partial charge on any atom is 0.249 e. The van der Waals surface area contributed by atoms with Crippen LogP contribution in [0.5, 0.6) is 0 Å². The summed E-state index contributed by atoms with van der Waals surface area (Å²) >= 11 is 0. The van der Waals surface area contributed by atoms with Gasteiger partial charge in [0.25, 0.3) is 0 Å². The van der Waals surface area contributed by atoms with Crippen LogP contribution in [0.4, 0.5) is 0 Å². The number of hydrogen-bond acceptors (Lipinski definition) is 3. The van der Waals surface area contributed by atoms with Crippen molar-refractivity contribution >= 4 is 5.91 Å². The number of hydrogen-bond donors (Lipinski definition) is 0. The molecule has 0 spiro atoms. The minimum absolute atomic E-state index is 0.00407. The standard InChI is InChI=1S/C15H17N3O2/c1-20-11-15(19)18-10-14-16-7-8-17(14)9-13(18)12-5-3-2-4-6-12/h2-8,13H,9-11H2,1H3/t13-/m0/s1. The quantitative estimate of drug-likeness (QED) is 0.852. The smallest absolute Gasteiger partial charge is 0.249 e. The minimum Gasteiger partial charge on any atom is -0.375 e. The summed E-state index contributed by atoms with van der Waals surface area (Å²) in [7, 11) is 1.54. The van der Waals surface area contributed by atoms with E-state index in [1.807, 2.05) is 29.3 Å². The Morgan fingerprint density at radius 2 is 2.20 bits per heavy atom. The van der Waals surface area contributed by atoms with E-state index < -0.39 is 0 Å². The predicted molar refractivity (Wildman–Crippen MR) is 73.8 cm³/mol. The van der Waals surface area contributed by atoms with Crippen LogP contribution in [0.15, 0.2) is 42.7 Å². The largest absolute Gasteiger partial charge is 0.375 e. The van der Waals surface area contributed by atoms with Crippen molar-refractivity contribution in [3.05, 3.63) is 54.1 Å². The molecule has 3 rings (SSSR count). The Bertz CT molecular complexity index is 594. The van der Waals surface area contributed by atoms with Gasteiger partial charge in [-0.25, -0.2) is 4.98 Å². The monoisotopic (exact) mass is 271 g/mol. The molecule has 1 amide bonds. The van der Waals surface area contributed by atoms with Gasteiger partial charge in [-0.15, -0.1) is 0 Å². The molecule has 1 atom stereocenters. The van der Waals surface area contributed by atoms with Gasteiger partial charge in [-0.05, 0) is 5.56 Å². The first kappa shape index (κ1) is 12.9. The Morgan fingerprint density at radius 3 is 2.95 bits per heavy atom. The van der Waals surface area contributed by atoms with Crippen molar-refractivity contribution in [2.45, 2.75) is 19.1 Å². The average Bonchev–Trinajstić information content (AvgIpc) is 2.94. The lowest BCUT2D eigenvalue weighted by molar-refractivity contribution is -0.139. The third-order valence-corrected chi connectivity index (χ3v) is 3.63. The number of methoxy groups -OCH3 is 1. The predicted octanol–water partition coefficient (Wildman–Crippen LogP) is 1.61. The summed E-state index contributed by atoms with van der Waals surface area (Å²) in [6.45, 7) is 1.35. The van der Waals surface area contributed by atoms with Crippen molar-refractivity contribution in [2.75, 3.05) is 13.7 Å². The molecule has 0 unspecified atom stereocenters. The molecule has 0 aliphatic carbocycles. The molecule has 1 aliphatic heterocycles. The van der Waals surface area contributed by atoms with E-state index in [2.05, 4.69) is 21.7 Å². The molecular weight excluding hydrogens is 254 g/mol. The Labute approximate surface area is 117 Å². The van der Waals surface area contributed by atoms with E-state index >= 15 is 0 Å². The number of aromatic nitrogens is 2. The SMILES string of the molecule is COCC(=O)N1Cc2nccn2C[C@H]1c1ccccc1. The summed E-state index contributed by atoms with van der Waals surface area (Å²) in [5.41, 5.74) is 1.14. The van der Waals surface area contributed by atoms with Crippen LogP contribution in [-0.2, 0) is 22.6 Å². The molecule has 5 nitrogen and oxygen atoms in total. The zero-order chi connectivity index (χ0) is 13.9. The normalized spacial score (nSPS) is 17.9. The van der Waals surface area contributed by atoms with Gasteiger partial charge in [-0.3, -0.25) is 4.79 Å². The summed E-state index contributed by atoms with van der Waals surface area (Å²) in [5.74, 6) is 0.914. The Balaban J connectivity index is 1.94. The van der Waals surface area contributed by atoms with Crippen molar-refractivity contribution < 1.29 is 9.53 Å². The zero-order valence-corrected chi connectivity index (χ0v) is 11.4. The fraction of sp³-hybridized carbons (Fsp3) is 0.333. The number of rotatable bonds is 3. The van der Waals surface area contributed by atoms with Crippen molar-refractivity contribution in [3.8, 4) is 0 Å². The van der Waals surface area contributed by atoms with Crippen LogP contribution in [0.2, 0.25) is 0 Å². The Morgan fingerprint density at radius 1 is 1.40 bits per heavy atom. The van der Waals surface area contributed by atoms with E-state index in [9.17, 15) is 4.79 Å². The van der Waals surface area contributed by atoms with Crippen molar-refractivity contribution in [1.29, 1.82) is 0 Å². The van der Waals surface area contributed by atoms with Gasteiger partial charge in [0.15, 0.2) is 0 Å². The highest BCUT2D eigenvalue weighted by molar-refractivity contribution is 5.78. The fourth-order valence-corrected chi connectivity index (χ4v) is 2.63. The molecule has 0 saturated carbocycles. The number of carbonyl (C=O) groups is 1. The van der Waals surface area contributed by atoms with Gasteiger partial charge in [0.05, 0.1) is 12.6 Å². The lowest BCUT2D eigenvalue weighted by atomic mass is 10.0. The van der Waals surface area contributed by atoms with Crippen molar-refractivity contribution in [3.63, 3.8) is 0 Å². The van der Waals surface area contributed by atoms with E-state index in [1.165, 1.54) is 0 Å². The highest BCUT2D eigenvalue weighted by Crippen LogP contribution is 2.29. The molecule has 0 N–H and O–H groups in total. The summed E-state index contributed by atoms with van der Waals surface area (Å²) in [6.07, 6.45) is 3.74. The molecule has 0 radical (unpaired) electrons. The van der Waals surface area contributed by atoms with Crippen LogP contribution in [0.1, 0.15) is 17.4 Å². The second-order valence-electron chi connectivity index (χ2n) is 4.88. The number of imidazole rings is 1. The lowest BCUT2D eigenvalue weighted by Crippen LogP contribution is -2.42. The molecule has 1 aromatic heterocycles. The van der Waals surface area contributed by atoms with Crippen LogP contribution < -0.4 is 0 Å². The van der Waals surface area contributed by atoms with E-state index in [0.29, 0.717) is 6.54 Å². The van der Waals surface area contributed by atoms with Crippen LogP contribution >= 0.6 is 0 Å². The lowest BCUT2D eigenvalue weighted by Gasteiger charge is -2.36. The van der Waals surface area contributed by atoms with Gasteiger partial charge in [-0.2, -0.15) is 0 Å². The first-order valence-corrected chi connectivity index (χ1v) is 6.63.